The first-order chi connectivity index (χ1) is 13.9. The highest BCUT2D eigenvalue weighted by atomic mass is 16.5. The Labute approximate surface area is 169 Å². The number of carbonyl (C=O) groups excluding carboxylic acids is 3. The highest BCUT2D eigenvalue weighted by molar-refractivity contribution is 6.00. The van der Waals surface area contributed by atoms with Gasteiger partial charge in [-0.15, -0.1) is 0 Å². The predicted molar refractivity (Wildman–Crippen MR) is 110 cm³/mol. The third-order valence-electron chi connectivity index (χ3n) is 4.35. The molecule has 29 heavy (non-hydrogen) atoms. The number of rotatable bonds is 9. The van der Waals surface area contributed by atoms with E-state index in [1.165, 1.54) is 6.20 Å². The molecule has 7 nitrogen and oxygen atoms in total. The van der Waals surface area contributed by atoms with Crippen molar-refractivity contribution in [2.75, 3.05) is 17.2 Å². The van der Waals surface area contributed by atoms with Gasteiger partial charge in [-0.1, -0.05) is 13.8 Å². The van der Waals surface area contributed by atoms with Crippen molar-refractivity contribution in [3.8, 4) is 0 Å². The van der Waals surface area contributed by atoms with Gasteiger partial charge < -0.3 is 15.4 Å². The Kier molecular flexibility index (Phi) is 6.59. The third kappa shape index (κ3) is 6.41. The monoisotopic (exact) mass is 395 g/mol. The highest BCUT2D eigenvalue weighted by Crippen LogP contribution is 2.23. The fraction of sp³-hybridized carbons (Fsp3) is 0.364. The van der Waals surface area contributed by atoms with E-state index >= 15 is 0 Å². The summed E-state index contributed by atoms with van der Waals surface area (Å²) in [7, 11) is 0. The number of nitrogens with one attached hydrogen (secondary N) is 2. The number of ether oxygens (including phenoxy) is 1. The molecule has 0 spiro atoms. The Morgan fingerprint density at radius 2 is 1.76 bits per heavy atom. The van der Waals surface area contributed by atoms with Gasteiger partial charge in [-0.25, -0.2) is 9.78 Å². The molecule has 1 aliphatic carbocycles. The summed E-state index contributed by atoms with van der Waals surface area (Å²) in [5, 5.41) is 6.02. The highest BCUT2D eigenvalue weighted by Gasteiger charge is 2.21. The van der Waals surface area contributed by atoms with Crippen molar-refractivity contribution in [3.63, 3.8) is 0 Å². The number of aromatic nitrogens is 1. The van der Waals surface area contributed by atoms with Crippen LogP contribution in [0.15, 0.2) is 42.6 Å². The Balaban J connectivity index is 1.48. The first-order valence-electron chi connectivity index (χ1n) is 9.73. The Hall–Kier alpha value is -3.22. The zero-order valence-corrected chi connectivity index (χ0v) is 16.6. The van der Waals surface area contributed by atoms with Crippen LogP contribution in [0.4, 0.5) is 11.5 Å². The Morgan fingerprint density at radius 3 is 2.34 bits per heavy atom. The summed E-state index contributed by atoms with van der Waals surface area (Å²) in [6.45, 7) is 3.58. The smallest absolute Gasteiger partial charge is 0.340 e. The van der Waals surface area contributed by atoms with Gasteiger partial charge >= 0.3 is 5.97 Å². The molecule has 1 amide bonds. The van der Waals surface area contributed by atoms with E-state index in [1.54, 1.807) is 36.4 Å². The summed E-state index contributed by atoms with van der Waals surface area (Å²) in [4.78, 5) is 40.3. The maximum Gasteiger partial charge on any atom is 0.340 e. The van der Waals surface area contributed by atoms with Crippen LogP contribution in [0.1, 0.15) is 53.8 Å². The SMILES string of the molecule is CC(C)CC(=O)Nc1ccc(C(=O)COC(=O)c2ccc(NC3CC3)nc2)cc1. The second-order valence-corrected chi connectivity index (χ2v) is 7.57. The fourth-order valence-electron chi connectivity index (χ4n) is 2.66. The van der Waals surface area contributed by atoms with Crippen LogP contribution in [0.5, 0.6) is 0 Å². The minimum absolute atomic E-state index is 0.0695. The maximum atomic E-state index is 12.3. The molecule has 0 unspecified atom stereocenters. The van der Waals surface area contributed by atoms with Crippen LogP contribution in [0.25, 0.3) is 0 Å². The first kappa shape index (κ1) is 20.5. The molecule has 0 saturated heterocycles. The van der Waals surface area contributed by atoms with Crippen LogP contribution in [0.2, 0.25) is 0 Å². The molecule has 0 atom stereocenters. The van der Waals surface area contributed by atoms with Crippen LogP contribution in [0, 0.1) is 5.92 Å². The molecule has 0 aliphatic heterocycles. The van der Waals surface area contributed by atoms with Gasteiger partial charge in [-0.05, 0) is 55.2 Å². The number of hydrogen-bond donors (Lipinski definition) is 2. The molecule has 3 rings (SSSR count). The van der Waals surface area contributed by atoms with E-state index in [1.807, 2.05) is 13.8 Å². The Bertz CT molecular complexity index is 872. The lowest BCUT2D eigenvalue weighted by atomic mass is 10.1. The first-order valence-corrected chi connectivity index (χ1v) is 9.73. The van der Waals surface area contributed by atoms with Crippen molar-refractivity contribution in [3.05, 3.63) is 53.7 Å². The molecule has 1 fully saturated rings. The van der Waals surface area contributed by atoms with Gasteiger partial charge in [0.1, 0.15) is 5.82 Å². The van der Waals surface area contributed by atoms with Crippen LogP contribution in [-0.4, -0.2) is 35.3 Å². The molecular weight excluding hydrogens is 370 g/mol. The zero-order chi connectivity index (χ0) is 20.8. The van der Waals surface area contributed by atoms with E-state index in [0.717, 1.165) is 18.7 Å². The summed E-state index contributed by atoms with van der Waals surface area (Å²) in [5.74, 6) is 0.00634. The molecular formula is C22H25N3O4. The Morgan fingerprint density at radius 1 is 1.07 bits per heavy atom. The quantitative estimate of drug-likeness (QED) is 0.497. The summed E-state index contributed by atoms with van der Waals surface area (Å²) >= 11 is 0. The summed E-state index contributed by atoms with van der Waals surface area (Å²) in [5.41, 5.74) is 1.32. The number of carbonyl (C=O) groups is 3. The minimum atomic E-state index is -0.596. The van der Waals surface area contributed by atoms with Crippen molar-refractivity contribution in [1.82, 2.24) is 4.98 Å². The molecule has 2 N–H and O–H groups in total. The molecule has 7 heteroatoms. The van der Waals surface area contributed by atoms with E-state index in [9.17, 15) is 14.4 Å². The maximum absolute atomic E-state index is 12.3. The molecule has 2 aromatic rings. The standard InChI is InChI=1S/C22H25N3O4/c1-14(2)11-21(27)25-18-6-3-15(4-7-18)19(26)13-29-22(28)16-5-10-20(23-12-16)24-17-8-9-17/h3-7,10,12,14,17H,8-9,11,13H2,1-2H3,(H,23,24)(H,25,27). The van der Waals surface area contributed by atoms with E-state index in [0.29, 0.717) is 29.3 Å². The number of hydrogen-bond acceptors (Lipinski definition) is 6. The van der Waals surface area contributed by atoms with Gasteiger partial charge in [0.05, 0.1) is 5.56 Å². The van der Waals surface area contributed by atoms with E-state index in [-0.39, 0.29) is 24.2 Å². The molecule has 0 radical (unpaired) electrons. The second kappa shape index (κ2) is 9.32. The molecule has 1 heterocycles. The lowest BCUT2D eigenvalue weighted by Crippen LogP contribution is -2.15. The van der Waals surface area contributed by atoms with E-state index in [4.69, 9.17) is 4.74 Å². The molecule has 1 saturated carbocycles. The van der Waals surface area contributed by atoms with Crippen molar-refractivity contribution in [2.45, 2.75) is 39.2 Å². The number of esters is 1. The second-order valence-electron chi connectivity index (χ2n) is 7.57. The van der Waals surface area contributed by atoms with Gasteiger partial charge in [-0.3, -0.25) is 9.59 Å². The van der Waals surface area contributed by atoms with Crippen LogP contribution in [0.3, 0.4) is 0 Å². The minimum Gasteiger partial charge on any atom is -0.454 e. The van der Waals surface area contributed by atoms with Crippen LogP contribution in [-0.2, 0) is 9.53 Å². The number of pyridine rings is 1. The normalized spacial score (nSPS) is 13.1. The summed E-state index contributed by atoms with van der Waals surface area (Å²) in [6.07, 6.45) is 4.15. The largest absolute Gasteiger partial charge is 0.454 e. The third-order valence-corrected chi connectivity index (χ3v) is 4.35. The van der Waals surface area contributed by atoms with Gasteiger partial charge in [0.15, 0.2) is 12.4 Å². The number of Topliss-reactive ketones (excluding diaryl/α,β-unsaturated/α-hetero) is 1. The van der Waals surface area contributed by atoms with Gasteiger partial charge in [0, 0.05) is 29.9 Å². The topological polar surface area (TPSA) is 97.4 Å². The molecule has 0 bridgehead atoms. The van der Waals surface area contributed by atoms with Crippen molar-refractivity contribution in [1.29, 1.82) is 0 Å². The van der Waals surface area contributed by atoms with Crippen molar-refractivity contribution >= 4 is 29.2 Å². The average Bonchev–Trinajstić information content (AvgIpc) is 3.50. The summed E-state index contributed by atoms with van der Waals surface area (Å²) < 4.78 is 5.10. The van der Waals surface area contributed by atoms with Crippen LogP contribution >= 0.6 is 0 Å². The number of benzene rings is 1. The fourth-order valence-corrected chi connectivity index (χ4v) is 2.66. The molecule has 1 aromatic carbocycles. The van der Waals surface area contributed by atoms with E-state index < -0.39 is 5.97 Å². The van der Waals surface area contributed by atoms with Gasteiger partial charge in [0.25, 0.3) is 0 Å². The lowest BCUT2D eigenvalue weighted by molar-refractivity contribution is -0.116. The van der Waals surface area contributed by atoms with Crippen molar-refractivity contribution in [2.24, 2.45) is 5.92 Å². The molecule has 1 aliphatic rings. The number of nitrogens with zero attached hydrogens (tertiary/aromatic N) is 1. The number of anilines is 2. The number of ketones is 1. The number of amides is 1. The summed E-state index contributed by atoms with van der Waals surface area (Å²) in [6, 6.07) is 10.3. The average molecular weight is 395 g/mol. The molecule has 1 aromatic heterocycles. The predicted octanol–water partition coefficient (Wildman–Crippen LogP) is 3.68. The lowest BCUT2D eigenvalue weighted by Gasteiger charge is -2.08. The zero-order valence-electron chi connectivity index (χ0n) is 16.6. The van der Waals surface area contributed by atoms with Crippen LogP contribution < -0.4 is 10.6 Å². The van der Waals surface area contributed by atoms with Gasteiger partial charge in [-0.2, -0.15) is 0 Å². The molecule has 152 valence electrons. The van der Waals surface area contributed by atoms with Gasteiger partial charge in [0.2, 0.25) is 5.91 Å². The van der Waals surface area contributed by atoms with Crippen molar-refractivity contribution < 1.29 is 19.1 Å². The van der Waals surface area contributed by atoms with E-state index in [2.05, 4.69) is 15.6 Å².